The molecule has 0 aliphatic rings. The molecule has 0 amide bonds. The molecule has 3 aromatic rings. The fraction of sp³-hybridized carbons (Fsp3) is 0.211. The molecular weight excluding hydrogens is 445 g/mol. The van der Waals surface area contributed by atoms with Crippen LogP contribution in [0.5, 0.6) is 0 Å². The molecule has 2 aromatic carbocycles. The van der Waals surface area contributed by atoms with Gasteiger partial charge >= 0.3 is 6.18 Å². The number of aromatic nitrogens is 3. The molecule has 0 saturated heterocycles. The molecule has 0 aliphatic heterocycles. The molecule has 0 spiro atoms. The molecule has 30 heavy (non-hydrogen) atoms. The van der Waals surface area contributed by atoms with Gasteiger partial charge in [-0.3, -0.25) is 0 Å². The minimum absolute atomic E-state index is 0.204. The number of rotatable bonds is 5. The van der Waals surface area contributed by atoms with E-state index in [1.165, 1.54) is 38.1 Å². The molecule has 0 bridgehead atoms. The van der Waals surface area contributed by atoms with Gasteiger partial charge in [0.05, 0.1) is 10.0 Å². The molecule has 0 radical (unpaired) electrons. The molecule has 158 valence electrons. The zero-order chi connectivity index (χ0) is 22.1. The van der Waals surface area contributed by atoms with Crippen molar-refractivity contribution in [3.05, 3.63) is 63.9 Å². The molecule has 5 nitrogen and oxygen atoms in total. The predicted octanol–water partition coefficient (Wildman–Crippen LogP) is 6.89. The second kappa shape index (κ2) is 8.23. The highest BCUT2D eigenvalue weighted by Crippen LogP contribution is 2.31. The largest absolute Gasteiger partial charge is 0.451 e. The normalized spacial score (nSPS) is 12.0. The standard InChI is InChI=1S/C19H15Cl2F4N5/c1-18(2,22)10-4-3-5-11(8-10)26-16-28-15(19(23,24)25)29-17(30-16)27-12-6-7-13(20)14(21)9-12/h3-9H,1-2H3,(H2,26,27,28,29,30). The Morgan fingerprint density at radius 2 is 1.37 bits per heavy atom. The quantitative estimate of drug-likeness (QED) is 0.406. The Morgan fingerprint density at radius 3 is 1.90 bits per heavy atom. The Hall–Kier alpha value is -2.65. The third kappa shape index (κ3) is 5.48. The van der Waals surface area contributed by atoms with E-state index in [4.69, 9.17) is 23.2 Å². The lowest BCUT2D eigenvalue weighted by molar-refractivity contribution is -0.144. The zero-order valence-corrected chi connectivity index (χ0v) is 17.2. The minimum atomic E-state index is -4.81. The zero-order valence-electron chi connectivity index (χ0n) is 15.7. The molecular formula is C19H15Cl2F4N5. The van der Waals surface area contributed by atoms with Crippen LogP contribution in [0.15, 0.2) is 42.5 Å². The van der Waals surface area contributed by atoms with E-state index < -0.39 is 17.7 Å². The van der Waals surface area contributed by atoms with Crippen molar-refractivity contribution >= 4 is 46.5 Å². The first-order valence-corrected chi connectivity index (χ1v) is 9.29. The average molecular weight is 460 g/mol. The van der Waals surface area contributed by atoms with Gasteiger partial charge in [-0.1, -0.05) is 35.3 Å². The van der Waals surface area contributed by atoms with Crippen LogP contribution < -0.4 is 10.6 Å². The number of hydrogen-bond acceptors (Lipinski definition) is 5. The third-order valence-electron chi connectivity index (χ3n) is 3.87. The van der Waals surface area contributed by atoms with Gasteiger partial charge in [-0.05, 0) is 49.7 Å². The Morgan fingerprint density at radius 1 is 0.767 bits per heavy atom. The van der Waals surface area contributed by atoms with Gasteiger partial charge in [-0.25, -0.2) is 4.39 Å². The molecule has 3 rings (SSSR count). The van der Waals surface area contributed by atoms with Gasteiger partial charge < -0.3 is 10.6 Å². The van der Waals surface area contributed by atoms with Crippen LogP contribution in [0.2, 0.25) is 10.0 Å². The van der Waals surface area contributed by atoms with E-state index in [0.717, 1.165) is 0 Å². The van der Waals surface area contributed by atoms with Gasteiger partial charge in [0.2, 0.25) is 17.7 Å². The van der Waals surface area contributed by atoms with Crippen molar-refractivity contribution < 1.29 is 17.6 Å². The summed E-state index contributed by atoms with van der Waals surface area (Å²) < 4.78 is 54.0. The SMILES string of the molecule is CC(C)(F)c1cccc(Nc2nc(Nc3ccc(Cl)c(Cl)c3)nc(C(F)(F)F)n2)c1. The van der Waals surface area contributed by atoms with Gasteiger partial charge in [-0.2, -0.15) is 28.1 Å². The van der Waals surface area contributed by atoms with Crippen LogP contribution in [0.4, 0.5) is 40.8 Å². The van der Waals surface area contributed by atoms with Gasteiger partial charge in [0.25, 0.3) is 0 Å². The summed E-state index contributed by atoms with van der Waals surface area (Å²) in [6, 6.07) is 10.5. The number of alkyl halides is 4. The summed E-state index contributed by atoms with van der Waals surface area (Å²) in [4.78, 5) is 10.8. The first-order valence-electron chi connectivity index (χ1n) is 8.53. The molecule has 0 saturated carbocycles. The lowest BCUT2D eigenvalue weighted by atomic mass is 10.00. The summed E-state index contributed by atoms with van der Waals surface area (Å²) >= 11 is 11.8. The number of nitrogens with zero attached hydrogens (tertiary/aromatic N) is 3. The number of anilines is 4. The monoisotopic (exact) mass is 459 g/mol. The van der Waals surface area contributed by atoms with Gasteiger partial charge in [0.15, 0.2) is 0 Å². The van der Waals surface area contributed by atoms with Crippen molar-refractivity contribution in [1.29, 1.82) is 0 Å². The maximum absolute atomic E-state index is 14.2. The van der Waals surface area contributed by atoms with Gasteiger partial charge in [0, 0.05) is 11.4 Å². The average Bonchev–Trinajstić information content (AvgIpc) is 2.63. The number of nitrogens with one attached hydrogen (secondary N) is 2. The minimum Gasteiger partial charge on any atom is -0.324 e. The second-order valence-corrected chi connectivity index (χ2v) is 7.55. The van der Waals surface area contributed by atoms with Crippen molar-refractivity contribution in [2.75, 3.05) is 10.6 Å². The number of halogens is 6. The molecule has 0 unspecified atom stereocenters. The predicted molar refractivity (Wildman–Crippen MR) is 108 cm³/mol. The van der Waals surface area contributed by atoms with Crippen molar-refractivity contribution in [3.8, 4) is 0 Å². The fourth-order valence-electron chi connectivity index (χ4n) is 2.41. The maximum atomic E-state index is 14.2. The summed E-state index contributed by atoms with van der Waals surface area (Å²) in [7, 11) is 0. The fourth-order valence-corrected chi connectivity index (χ4v) is 2.71. The summed E-state index contributed by atoms with van der Waals surface area (Å²) in [5.41, 5.74) is -0.644. The lowest BCUT2D eigenvalue weighted by Gasteiger charge is -2.16. The molecule has 1 aromatic heterocycles. The van der Waals surface area contributed by atoms with Crippen molar-refractivity contribution in [1.82, 2.24) is 15.0 Å². The highest BCUT2D eigenvalue weighted by atomic mass is 35.5. The van der Waals surface area contributed by atoms with E-state index >= 15 is 0 Å². The van der Waals surface area contributed by atoms with Crippen LogP contribution in [-0.2, 0) is 11.8 Å². The summed E-state index contributed by atoms with van der Waals surface area (Å²) in [6.07, 6.45) is -4.81. The first-order chi connectivity index (χ1) is 13.9. The topological polar surface area (TPSA) is 62.7 Å². The summed E-state index contributed by atoms with van der Waals surface area (Å²) in [5.74, 6) is -2.13. The van der Waals surface area contributed by atoms with Crippen LogP contribution in [0, 0.1) is 0 Å². The second-order valence-electron chi connectivity index (χ2n) is 6.74. The summed E-state index contributed by atoms with van der Waals surface area (Å²) in [5, 5.41) is 5.79. The van der Waals surface area contributed by atoms with Crippen molar-refractivity contribution in [2.45, 2.75) is 25.7 Å². The van der Waals surface area contributed by atoms with E-state index in [1.54, 1.807) is 18.2 Å². The Balaban J connectivity index is 1.96. The number of hydrogen-bond donors (Lipinski definition) is 2. The molecule has 0 aliphatic carbocycles. The Bertz CT molecular complexity index is 1070. The smallest absolute Gasteiger partial charge is 0.324 e. The van der Waals surface area contributed by atoms with Crippen molar-refractivity contribution in [2.24, 2.45) is 0 Å². The molecule has 0 atom stereocenters. The van der Waals surface area contributed by atoms with E-state index in [1.807, 2.05) is 0 Å². The first kappa shape index (κ1) is 22.0. The Kier molecular flexibility index (Phi) is 6.05. The van der Waals surface area contributed by atoms with Crippen LogP contribution >= 0.6 is 23.2 Å². The van der Waals surface area contributed by atoms with E-state index in [0.29, 0.717) is 16.9 Å². The summed E-state index contributed by atoms with van der Waals surface area (Å²) in [6.45, 7) is 2.74. The van der Waals surface area contributed by atoms with Crippen LogP contribution in [0.1, 0.15) is 25.2 Å². The van der Waals surface area contributed by atoms with Crippen LogP contribution in [-0.4, -0.2) is 15.0 Å². The van der Waals surface area contributed by atoms with Crippen LogP contribution in [0.25, 0.3) is 0 Å². The van der Waals surface area contributed by atoms with Crippen LogP contribution in [0.3, 0.4) is 0 Å². The maximum Gasteiger partial charge on any atom is 0.451 e. The molecule has 11 heteroatoms. The molecule has 2 N–H and O–H groups in total. The number of benzene rings is 2. The Labute approximate surface area is 179 Å². The van der Waals surface area contributed by atoms with Crippen molar-refractivity contribution in [3.63, 3.8) is 0 Å². The molecule has 1 heterocycles. The highest BCUT2D eigenvalue weighted by molar-refractivity contribution is 6.42. The van der Waals surface area contributed by atoms with E-state index in [-0.39, 0.29) is 21.9 Å². The van der Waals surface area contributed by atoms with Gasteiger partial charge in [0.1, 0.15) is 5.67 Å². The third-order valence-corrected chi connectivity index (χ3v) is 4.61. The highest BCUT2D eigenvalue weighted by Gasteiger charge is 2.36. The van der Waals surface area contributed by atoms with E-state index in [2.05, 4.69) is 25.6 Å². The van der Waals surface area contributed by atoms with E-state index in [9.17, 15) is 17.6 Å². The lowest BCUT2D eigenvalue weighted by Crippen LogP contribution is -2.15. The molecule has 0 fully saturated rings. The van der Waals surface area contributed by atoms with Gasteiger partial charge in [-0.15, -0.1) is 0 Å².